The number of nitrogens with zero attached hydrogens (tertiary/aromatic N) is 2. The van der Waals surface area contributed by atoms with Gasteiger partial charge in [0.05, 0.1) is 13.7 Å². The van der Waals surface area contributed by atoms with Crippen molar-refractivity contribution in [1.29, 1.82) is 0 Å². The molecule has 0 saturated heterocycles. The highest BCUT2D eigenvalue weighted by molar-refractivity contribution is 14.0. The Morgan fingerprint density at radius 3 is 2.70 bits per heavy atom. The van der Waals surface area contributed by atoms with E-state index in [4.69, 9.17) is 9.47 Å². The first kappa shape index (κ1) is 23.5. The Hall–Kier alpha value is -1.55. The van der Waals surface area contributed by atoms with Crippen LogP contribution in [0.5, 0.6) is 5.75 Å². The lowest BCUT2D eigenvalue weighted by Crippen LogP contribution is -2.43. The molecule has 0 atom stereocenters. The summed E-state index contributed by atoms with van der Waals surface area (Å²) in [5.41, 5.74) is 0.582. The van der Waals surface area contributed by atoms with Crippen LogP contribution in [0.3, 0.4) is 0 Å². The van der Waals surface area contributed by atoms with Gasteiger partial charge < -0.3 is 25.0 Å². The van der Waals surface area contributed by atoms with Crippen molar-refractivity contribution >= 4 is 35.8 Å². The lowest BCUT2D eigenvalue weighted by Gasteiger charge is -2.22. The second-order valence-electron chi connectivity index (χ2n) is 6.40. The van der Waals surface area contributed by atoms with E-state index in [-0.39, 0.29) is 29.9 Å². The molecule has 1 aliphatic rings. The zero-order chi connectivity index (χ0) is 18.8. The number of guanidine groups is 1. The maximum absolute atomic E-state index is 12.1. The average molecular weight is 490 g/mol. The number of carbonyl (C=O) groups is 1. The molecule has 2 N–H and O–H groups in total. The Balaban J connectivity index is 0.00000364. The molecule has 7 nitrogen and oxygen atoms in total. The number of carbonyl (C=O) groups excluding carboxylic acids is 1. The molecule has 0 spiro atoms. The predicted molar refractivity (Wildman–Crippen MR) is 118 cm³/mol. The van der Waals surface area contributed by atoms with Crippen LogP contribution in [0.4, 0.5) is 0 Å². The molecular formula is C19H31IN4O3. The van der Waals surface area contributed by atoms with Gasteiger partial charge in [-0.1, -0.05) is 6.07 Å². The summed E-state index contributed by atoms with van der Waals surface area (Å²) in [7, 11) is 5.31. The van der Waals surface area contributed by atoms with Crippen LogP contribution in [0.2, 0.25) is 0 Å². The summed E-state index contributed by atoms with van der Waals surface area (Å²) in [6.45, 7) is 3.44. The number of likely N-dealkylation sites (N-methyl/N-ethyl adjacent to an activating group) is 1. The van der Waals surface area contributed by atoms with Gasteiger partial charge in [-0.15, -0.1) is 24.0 Å². The fraction of sp³-hybridized carbons (Fsp3) is 0.579. The van der Waals surface area contributed by atoms with Crippen molar-refractivity contribution in [2.75, 3.05) is 54.1 Å². The summed E-state index contributed by atoms with van der Waals surface area (Å²) in [5, 5.41) is 6.13. The fourth-order valence-corrected chi connectivity index (χ4v) is 2.44. The molecule has 1 amide bonds. The summed E-state index contributed by atoms with van der Waals surface area (Å²) in [6, 6.07) is 7.09. The highest BCUT2D eigenvalue weighted by atomic mass is 127. The number of methoxy groups -OCH3 is 1. The van der Waals surface area contributed by atoms with Crippen molar-refractivity contribution < 1.29 is 14.3 Å². The number of hydrogen-bond acceptors (Lipinski definition) is 4. The third-order valence-corrected chi connectivity index (χ3v) is 4.22. The second-order valence-corrected chi connectivity index (χ2v) is 6.40. The Morgan fingerprint density at radius 1 is 1.30 bits per heavy atom. The van der Waals surface area contributed by atoms with E-state index in [1.54, 1.807) is 32.4 Å². The van der Waals surface area contributed by atoms with Crippen LogP contribution >= 0.6 is 24.0 Å². The van der Waals surface area contributed by atoms with Crippen molar-refractivity contribution in [3.63, 3.8) is 0 Å². The third-order valence-electron chi connectivity index (χ3n) is 4.22. The maximum atomic E-state index is 12.1. The number of benzene rings is 1. The second kappa shape index (κ2) is 12.8. The molecule has 1 aromatic carbocycles. The molecule has 27 heavy (non-hydrogen) atoms. The molecule has 8 heteroatoms. The first-order valence-corrected chi connectivity index (χ1v) is 9.05. The van der Waals surface area contributed by atoms with Crippen LogP contribution in [0.15, 0.2) is 29.3 Å². The summed E-state index contributed by atoms with van der Waals surface area (Å²) in [6.07, 6.45) is 2.61. The highest BCUT2D eigenvalue weighted by Crippen LogP contribution is 2.28. The summed E-state index contributed by atoms with van der Waals surface area (Å²) >= 11 is 0. The van der Waals surface area contributed by atoms with Gasteiger partial charge in [0.15, 0.2) is 5.96 Å². The van der Waals surface area contributed by atoms with Gasteiger partial charge in [-0.05, 0) is 37.0 Å². The SMILES string of the molecule is CN=C(NCCNC(=O)c1cccc(OC)c1)N(C)CCOCC1CC1.I. The van der Waals surface area contributed by atoms with E-state index < -0.39 is 0 Å². The molecule has 1 aromatic rings. The molecule has 1 aliphatic carbocycles. The van der Waals surface area contributed by atoms with Gasteiger partial charge >= 0.3 is 0 Å². The topological polar surface area (TPSA) is 75.2 Å². The lowest BCUT2D eigenvalue weighted by atomic mass is 10.2. The lowest BCUT2D eigenvalue weighted by molar-refractivity contribution is 0.0954. The van der Waals surface area contributed by atoms with Crippen molar-refractivity contribution in [1.82, 2.24) is 15.5 Å². The number of aliphatic imine (C=N–C) groups is 1. The third kappa shape index (κ3) is 8.79. The monoisotopic (exact) mass is 490 g/mol. The first-order chi connectivity index (χ1) is 12.6. The van der Waals surface area contributed by atoms with Crippen molar-refractivity contribution in [3.05, 3.63) is 29.8 Å². The summed E-state index contributed by atoms with van der Waals surface area (Å²) in [5.74, 6) is 2.12. The van der Waals surface area contributed by atoms with Gasteiger partial charge in [0.25, 0.3) is 5.91 Å². The van der Waals surface area contributed by atoms with E-state index in [0.717, 1.165) is 25.0 Å². The van der Waals surface area contributed by atoms with E-state index in [9.17, 15) is 4.79 Å². The molecule has 0 radical (unpaired) electrons. The number of ether oxygens (including phenoxy) is 2. The minimum absolute atomic E-state index is 0. The summed E-state index contributed by atoms with van der Waals surface area (Å²) < 4.78 is 10.8. The van der Waals surface area contributed by atoms with Crippen LogP contribution in [0.1, 0.15) is 23.2 Å². The zero-order valence-electron chi connectivity index (χ0n) is 16.4. The normalized spacial score (nSPS) is 13.5. The van der Waals surface area contributed by atoms with Crippen LogP contribution < -0.4 is 15.4 Å². The standard InChI is InChI=1S/C19H30N4O3.HI/c1-20-19(23(2)11-12-26-14-15-7-8-15)22-10-9-21-18(24)16-5-4-6-17(13-16)25-3;/h4-6,13,15H,7-12,14H2,1-3H3,(H,20,22)(H,21,24);1H. The molecule has 2 rings (SSSR count). The number of amides is 1. The van der Waals surface area contributed by atoms with Gasteiger partial charge in [-0.3, -0.25) is 9.79 Å². The number of halogens is 1. The van der Waals surface area contributed by atoms with Gasteiger partial charge in [0, 0.05) is 45.9 Å². The Bertz CT molecular complexity index is 608. The smallest absolute Gasteiger partial charge is 0.251 e. The molecule has 152 valence electrons. The van der Waals surface area contributed by atoms with Gasteiger partial charge in [0.2, 0.25) is 0 Å². The van der Waals surface area contributed by atoms with Gasteiger partial charge in [0.1, 0.15) is 5.75 Å². The molecule has 0 aliphatic heterocycles. The molecule has 0 bridgehead atoms. The molecule has 1 saturated carbocycles. The van der Waals surface area contributed by atoms with Crippen LogP contribution in [-0.2, 0) is 4.74 Å². The van der Waals surface area contributed by atoms with E-state index >= 15 is 0 Å². The number of rotatable bonds is 10. The summed E-state index contributed by atoms with van der Waals surface area (Å²) in [4.78, 5) is 18.4. The van der Waals surface area contributed by atoms with Crippen molar-refractivity contribution in [2.45, 2.75) is 12.8 Å². The van der Waals surface area contributed by atoms with Crippen molar-refractivity contribution in [3.8, 4) is 5.75 Å². The van der Waals surface area contributed by atoms with E-state index in [0.29, 0.717) is 31.0 Å². The number of nitrogens with one attached hydrogen (secondary N) is 2. The highest BCUT2D eigenvalue weighted by Gasteiger charge is 2.21. The first-order valence-electron chi connectivity index (χ1n) is 9.05. The van der Waals surface area contributed by atoms with Gasteiger partial charge in [-0.2, -0.15) is 0 Å². The average Bonchev–Trinajstić information content (AvgIpc) is 3.49. The van der Waals surface area contributed by atoms with Crippen LogP contribution in [0, 0.1) is 5.92 Å². The van der Waals surface area contributed by atoms with Crippen LogP contribution in [0.25, 0.3) is 0 Å². The molecule has 0 heterocycles. The molecule has 0 unspecified atom stereocenters. The number of hydrogen-bond donors (Lipinski definition) is 2. The van der Waals surface area contributed by atoms with E-state index in [1.807, 2.05) is 18.0 Å². The Kier molecular flexibility index (Phi) is 11.1. The fourth-order valence-electron chi connectivity index (χ4n) is 2.44. The minimum Gasteiger partial charge on any atom is -0.497 e. The molecule has 1 fully saturated rings. The largest absolute Gasteiger partial charge is 0.497 e. The van der Waals surface area contributed by atoms with E-state index in [2.05, 4.69) is 15.6 Å². The predicted octanol–water partition coefficient (Wildman–Crippen LogP) is 1.98. The Labute approximate surface area is 178 Å². The zero-order valence-corrected chi connectivity index (χ0v) is 18.7. The quantitative estimate of drug-likeness (QED) is 0.227. The molecular weight excluding hydrogens is 459 g/mol. The van der Waals surface area contributed by atoms with Crippen molar-refractivity contribution in [2.24, 2.45) is 10.9 Å². The molecule has 0 aromatic heterocycles. The van der Waals surface area contributed by atoms with Gasteiger partial charge in [-0.25, -0.2) is 0 Å². The Morgan fingerprint density at radius 2 is 2.04 bits per heavy atom. The minimum atomic E-state index is -0.123. The van der Waals surface area contributed by atoms with E-state index in [1.165, 1.54) is 12.8 Å². The maximum Gasteiger partial charge on any atom is 0.251 e. The van der Waals surface area contributed by atoms with Crippen LogP contribution in [-0.4, -0.2) is 70.8 Å².